The molecule has 0 bridgehead atoms. The molecule has 2 aromatic heterocycles. The highest BCUT2D eigenvalue weighted by Gasteiger charge is 2.14. The van der Waals surface area contributed by atoms with Crippen LogP contribution in [-0.2, 0) is 0 Å². The molecule has 5 aromatic rings. The van der Waals surface area contributed by atoms with Gasteiger partial charge in [-0.05, 0) is 40.8 Å². The van der Waals surface area contributed by atoms with E-state index in [1.165, 1.54) is 43.9 Å². The smallest absolute Gasteiger partial charge is 0.0503 e. The summed E-state index contributed by atoms with van der Waals surface area (Å²) in [7, 11) is 0. The van der Waals surface area contributed by atoms with Gasteiger partial charge in [0.05, 0.1) is 9.40 Å². The van der Waals surface area contributed by atoms with Crippen LogP contribution in [0, 0.1) is 3.57 Å². The lowest BCUT2D eigenvalue weighted by Gasteiger charge is -1.98. The zero-order valence-electron chi connectivity index (χ0n) is 10.9. The van der Waals surface area contributed by atoms with Crippen molar-refractivity contribution < 1.29 is 0 Å². The molecule has 2 heterocycles. The van der Waals surface area contributed by atoms with Gasteiger partial charge in [0.25, 0.3) is 0 Å². The van der Waals surface area contributed by atoms with E-state index in [-0.39, 0.29) is 0 Å². The molecule has 3 aromatic carbocycles. The third-order valence-corrected chi connectivity index (χ3v) is 8.17. The van der Waals surface area contributed by atoms with E-state index in [4.69, 9.17) is 0 Å². The topological polar surface area (TPSA) is 0 Å². The summed E-state index contributed by atoms with van der Waals surface area (Å²) in [5.74, 6) is 0. The highest BCUT2D eigenvalue weighted by molar-refractivity contribution is 14.1. The highest BCUT2D eigenvalue weighted by atomic mass is 127. The Morgan fingerprint density at radius 2 is 1.10 bits per heavy atom. The minimum absolute atomic E-state index is 1.38. The molecule has 0 aliphatic carbocycles. The van der Waals surface area contributed by atoms with Gasteiger partial charge >= 0.3 is 0 Å². The van der Waals surface area contributed by atoms with Crippen LogP contribution in [0.25, 0.3) is 40.3 Å². The van der Waals surface area contributed by atoms with E-state index in [2.05, 4.69) is 77.2 Å². The molecule has 0 nitrogen and oxygen atoms in total. The first-order chi connectivity index (χ1) is 10.3. The van der Waals surface area contributed by atoms with E-state index >= 15 is 0 Å². The summed E-state index contributed by atoms with van der Waals surface area (Å²) in [5, 5.41) is 5.56. The maximum absolute atomic E-state index is 2.53. The number of fused-ring (bicyclic) bond motifs is 6. The molecule has 0 N–H and O–H groups in total. The molecule has 0 spiro atoms. The van der Waals surface area contributed by atoms with Crippen molar-refractivity contribution in [2.24, 2.45) is 0 Å². The molecule has 0 fully saturated rings. The van der Waals surface area contributed by atoms with Crippen molar-refractivity contribution in [2.45, 2.75) is 0 Å². The molecule has 0 aliphatic heterocycles. The zero-order chi connectivity index (χ0) is 14.0. The second-order valence-electron chi connectivity index (χ2n) is 5.14. The van der Waals surface area contributed by atoms with Crippen LogP contribution in [0.1, 0.15) is 0 Å². The lowest BCUT2D eigenvalue weighted by molar-refractivity contribution is 1.86. The number of rotatable bonds is 0. The fourth-order valence-electron chi connectivity index (χ4n) is 2.99. The minimum atomic E-state index is 1.38. The lowest BCUT2D eigenvalue weighted by Crippen LogP contribution is -1.74. The number of halogens is 1. The second-order valence-corrected chi connectivity index (χ2v) is 8.32. The predicted molar refractivity (Wildman–Crippen MR) is 105 cm³/mol. The van der Waals surface area contributed by atoms with Gasteiger partial charge in [0.15, 0.2) is 0 Å². The Bertz CT molecular complexity index is 1060. The Morgan fingerprint density at radius 3 is 1.62 bits per heavy atom. The maximum atomic E-state index is 2.53. The Labute approximate surface area is 143 Å². The molecule has 0 saturated heterocycles. The van der Waals surface area contributed by atoms with Gasteiger partial charge in [-0.15, -0.1) is 22.7 Å². The summed E-state index contributed by atoms with van der Waals surface area (Å²) in [4.78, 5) is 0. The van der Waals surface area contributed by atoms with Crippen LogP contribution >= 0.6 is 45.3 Å². The standard InChI is InChI=1S/C18H9IS2/c19-16-17-12(10-5-1-3-7-14(10)20-17)9-13-11-6-2-4-8-15(11)21-18(13)16/h1-9H. The monoisotopic (exact) mass is 416 g/mol. The molecule has 100 valence electrons. The molecule has 0 unspecified atom stereocenters. The molecule has 0 amide bonds. The molecule has 0 radical (unpaired) electrons. The summed E-state index contributed by atoms with van der Waals surface area (Å²) in [6.07, 6.45) is 0. The van der Waals surface area contributed by atoms with Gasteiger partial charge in [0, 0.05) is 34.5 Å². The van der Waals surface area contributed by atoms with Crippen LogP contribution in [0.15, 0.2) is 54.6 Å². The van der Waals surface area contributed by atoms with E-state index in [9.17, 15) is 0 Å². The molecule has 5 rings (SSSR count). The van der Waals surface area contributed by atoms with Gasteiger partial charge in [0.1, 0.15) is 0 Å². The maximum Gasteiger partial charge on any atom is 0.0503 e. The van der Waals surface area contributed by atoms with Gasteiger partial charge in [-0.25, -0.2) is 0 Å². The Morgan fingerprint density at radius 1 is 0.619 bits per heavy atom. The van der Waals surface area contributed by atoms with Gasteiger partial charge in [-0.3, -0.25) is 0 Å². The minimum Gasteiger partial charge on any atom is -0.134 e. The van der Waals surface area contributed by atoms with Crippen LogP contribution in [0.3, 0.4) is 0 Å². The van der Waals surface area contributed by atoms with Gasteiger partial charge in [-0.2, -0.15) is 0 Å². The number of hydrogen-bond acceptors (Lipinski definition) is 2. The number of benzene rings is 3. The van der Waals surface area contributed by atoms with Crippen molar-refractivity contribution in [3.05, 3.63) is 58.2 Å². The molecule has 0 atom stereocenters. The Kier molecular flexibility index (Phi) is 2.60. The van der Waals surface area contributed by atoms with E-state index in [1.807, 2.05) is 22.7 Å². The van der Waals surface area contributed by atoms with Crippen LogP contribution in [0.5, 0.6) is 0 Å². The fraction of sp³-hybridized carbons (Fsp3) is 0. The van der Waals surface area contributed by atoms with Gasteiger partial charge in [-0.1, -0.05) is 36.4 Å². The first kappa shape index (κ1) is 12.4. The Hall–Kier alpha value is -1.17. The van der Waals surface area contributed by atoms with E-state index in [0.29, 0.717) is 0 Å². The number of thiophene rings is 2. The summed E-state index contributed by atoms with van der Waals surface area (Å²) in [5.41, 5.74) is 0. The van der Waals surface area contributed by atoms with Crippen molar-refractivity contribution in [3.63, 3.8) is 0 Å². The second kappa shape index (κ2) is 4.41. The molecule has 3 heteroatoms. The third kappa shape index (κ3) is 1.65. The van der Waals surface area contributed by atoms with Gasteiger partial charge in [0.2, 0.25) is 0 Å². The molecule has 21 heavy (non-hydrogen) atoms. The quantitative estimate of drug-likeness (QED) is 0.238. The summed E-state index contributed by atoms with van der Waals surface area (Å²) < 4.78 is 7.02. The van der Waals surface area contributed by atoms with Crippen molar-refractivity contribution >= 4 is 85.6 Å². The van der Waals surface area contributed by atoms with E-state index in [0.717, 1.165) is 0 Å². The number of hydrogen-bond donors (Lipinski definition) is 0. The molecule has 0 saturated carbocycles. The highest BCUT2D eigenvalue weighted by Crippen LogP contribution is 2.44. The van der Waals surface area contributed by atoms with Crippen molar-refractivity contribution in [1.82, 2.24) is 0 Å². The van der Waals surface area contributed by atoms with Gasteiger partial charge < -0.3 is 0 Å². The molecular formula is C18H9IS2. The van der Waals surface area contributed by atoms with E-state index < -0.39 is 0 Å². The summed E-state index contributed by atoms with van der Waals surface area (Å²) >= 11 is 6.35. The van der Waals surface area contributed by atoms with Crippen LogP contribution in [-0.4, -0.2) is 0 Å². The third-order valence-electron chi connectivity index (χ3n) is 3.96. The van der Waals surface area contributed by atoms with Crippen molar-refractivity contribution in [1.29, 1.82) is 0 Å². The average molecular weight is 416 g/mol. The van der Waals surface area contributed by atoms with Crippen LogP contribution in [0.2, 0.25) is 0 Å². The SMILES string of the molecule is Ic1c2sc3ccccc3c2cc2c1sc1ccccc12. The van der Waals surface area contributed by atoms with Crippen LogP contribution < -0.4 is 0 Å². The van der Waals surface area contributed by atoms with Crippen LogP contribution in [0.4, 0.5) is 0 Å². The summed E-state index contributed by atoms with van der Waals surface area (Å²) in [6.45, 7) is 0. The fourth-order valence-corrected chi connectivity index (χ4v) is 6.55. The molecular weight excluding hydrogens is 407 g/mol. The largest absolute Gasteiger partial charge is 0.134 e. The van der Waals surface area contributed by atoms with E-state index in [1.54, 1.807) is 0 Å². The van der Waals surface area contributed by atoms with Crippen molar-refractivity contribution in [3.8, 4) is 0 Å². The predicted octanol–water partition coefficient (Wildman–Crippen LogP) is 7.03. The summed E-state index contributed by atoms with van der Waals surface area (Å²) in [6, 6.07) is 19.9. The normalized spacial score (nSPS) is 12.0. The first-order valence-electron chi connectivity index (χ1n) is 6.74. The first-order valence-corrected chi connectivity index (χ1v) is 9.45. The molecule has 0 aliphatic rings. The average Bonchev–Trinajstić information content (AvgIpc) is 3.07. The zero-order valence-corrected chi connectivity index (χ0v) is 14.7. The Balaban J connectivity index is 2.11. The van der Waals surface area contributed by atoms with Crippen molar-refractivity contribution in [2.75, 3.05) is 0 Å². The lowest BCUT2D eigenvalue weighted by atomic mass is 10.1.